The van der Waals surface area contributed by atoms with E-state index in [2.05, 4.69) is 15.1 Å². The van der Waals surface area contributed by atoms with Gasteiger partial charge in [-0.25, -0.2) is 18.0 Å². The molecule has 1 aromatic rings. The van der Waals surface area contributed by atoms with E-state index in [0.717, 1.165) is 52.5 Å². The summed E-state index contributed by atoms with van der Waals surface area (Å²) in [5.74, 6) is -5.08. The van der Waals surface area contributed by atoms with Crippen molar-refractivity contribution in [3.05, 3.63) is 23.3 Å². The topological polar surface area (TPSA) is 175 Å². The first-order valence-corrected chi connectivity index (χ1v) is 16.4. The first kappa shape index (κ1) is 43.8. The maximum Gasteiger partial charge on any atom is 0.490 e. The van der Waals surface area contributed by atoms with Gasteiger partial charge in [0.1, 0.15) is 18.2 Å². The van der Waals surface area contributed by atoms with Crippen LogP contribution in [0.1, 0.15) is 11.1 Å². The molecule has 2 aliphatic heterocycles. The maximum atomic E-state index is 12.8. The zero-order valence-electron chi connectivity index (χ0n) is 27.2. The van der Waals surface area contributed by atoms with Crippen LogP contribution in [0, 0.1) is 13.8 Å². The van der Waals surface area contributed by atoms with Crippen LogP contribution in [0.25, 0.3) is 0 Å². The fourth-order valence-corrected chi connectivity index (χ4v) is 6.18. The number of aryl methyl sites for hydroxylation is 2. The molecule has 1 aromatic carbocycles. The summed E-state index contributed by atoms with van der Waals surface area (Å²) < 4.78 is 105. The van der Waals surface area contributed by atoms with E-state index in [1.165, 1.54) is 0 Å². The van der Waals surface area contributed by atoms with Crippen LogP contribution in [0.3, 0.4) is 0 Å². The second-order valence-electron chi connectivity index (χ2n) is 10.7. The summed E-state index contributed by atoms with van der Waals surface area (Å²) in [5.41, 5.74) is 1.32. The van der Waals surface area contributed by atoms with Crippen LogP contribution in [-0.2, 0) is 33.7 Å². The molecule has 282 valence electrons. The van der Waals surface area contributed by atoms with Crippen molar-refractivity contribution in [2.45, 2.75) is 31.1 Å². The van der Waals surface area contributed by atoms with Crippen molar-refractivity contribution in [2.24, 2.45) is 0 Å². The number of rotatable bonds is 12. The van der Waals surface area contributed by atoms with E-state index in [4.69, 9.17) is 34.0 Å². The third-order valence-electron chi connectivity index (χ3n) is 6.97. The van der Waals surface area contributed by atoms with Crippen LogP contribution in [-0.4, -0.2) is 162 Å². The molecule has 0 spiro atoms. The molecular weight excluding hydrogens is 698 g/mol. The Morgan fingerprint density at radius 3 is 1.73 bits per heavy atom. The lowest BCUT2D eigenvalue weighted by molar-refractivity contribution is -0.193. The average Bonchev–Trinajstić information content (AvgIpc) is 3.01. The van der Waals surface area contributed by atoms with Gasteiger partial charge in [-0.15, -0.1) is 0 Å². The van der Waals surface area contributed by atoms with Gasteiger partial charge >= 0.3 is 24.3 Å². The lowest BCUT2D eigenvalue weighted by Gasteiger charge is -2.36. The van der Waals surface area contributed by atoms with Crippen LogP contribution in [0.15, 0.2) is 17.0 Å². The molecule has 0 saturated carbocycles. The molecule has 0 unspecified atom stereocenters. The molecule has 2 heterocycles. The minimum atomic E-state index is -5.08. The molecule has 49 heavy (non-hydrogen) atoms. The Morgan fingerprint density at radius 2 is 1.31 bits per heavy atom. The molecule has 0 bridgehead atoms. The summed E-state index contributed by atoms with van der Waals surface area (Å²) >= 11 is 0. The number of morpholine rings is 1. The molecule has 21 heteroatoms. The molecule has 3 rings (SSSR count). The molecule has 3 N–H and O–H groups in total. The van der Waals surface area contributed by atoms with E-state index in [1.54, 1.807) is 33.1 Å². The summed E-state index contributed by atoms with van der Waals surface area (Å²) in [6.45, 7) is 13.0. The third-order valence-corrected chi connectivity index (χ3v) is 8.82. The summed E-state index contributed by atoms with van der Waals surface area (Å²) in [4.78, 5) is 37.2. The third kappa shape index (κ3) is 16.8. The highest BCUT2D eigenvalue weighted by Gasteiger charge is 2.39. The number of carboxylic acids is 2. The van der Waals surface area contributed by atoms with Gasteiger partial charge in [0.2, 0.25) is 5.91 Å². The van der Waals surface area contributed by atoms with E-state index >= 15 is 0 Å². The number of carbonyl (C=O) groups excluding carboxylic acids is 1. The Kier molecular flexibility index (Phi) is 18.3. The largest absolute Gasteiger partial charge is 0.497 e. The van der Waals surface area contributed by atoms with Gasteiger partial charge in [0.15, 0.2) is 9.84 Å². The van der Waals surface area contributed by atoms with Crippen LogP contribution < -0.4 is 10.1 Å². The van der Waals surface area contributed by atoms with E-state index in [9.17, 15) is 39.6 Å². The standard InChI is InChI=1S/C24H40N4O6S.2C2HF3O2/c1-20-16-22(32-3)17-21(2)24(20)35(30,31)19-25-4-13-34-18-23(29)28-9-7-26(8-10-28)5-6-27-11-14-33-15-12-27;2*3-2(4,5)1(6)7/h16-17,25H,4-15,18-19H2,1-3H3;2*(H,6,7). The number of hydrogen-bond acceptors (Lipinski definition) is 11. The van der Waals surface area contributed by atoms with Crippen molar-refractivity contribution in [1.82, 2.24) is 20.0 Å². The zero-order chi connectivity index (χ0) is 37.4. The molecule has 1 amide bonds. The van der Waals surface area contributed by atoms with Gasteiger partial charge in [-0.2, -0.15) is 26.3 Å². The second kappa shape index (κ2) is 20.4. The first-order chi connectivity index (χ1) is 22.7. The number of halogens is 6. The molecule has 0 aromatic heterocycles. The van der Waals surface area contributed by atoms with Gasteiger partial charge < -0.3 is 34.6 Å². The van der Waals surface area contributed by atoms with Gasteiger partial charge in [0.05, 0.1) is 31.8 Å². The molecule has 0 radical (unpaired) electrons. The Morgan fingerprint density at radius 1 is 0.857 bits per heavy atom. The van der Waals surface area contributed by atoms with Crippen LogP contribution in [0.4, 0.5) is 26.3 Å². The first-order valence-electron chi connectivity index (χ1n) is 14.8. The van der Waals surface area contributed by atoms with E-state index in [-0.39, 0.29) is 25.0 Å². The van der Waals surface area contributed by atoms with Crippen molar-refractivity contribution < 1.29 is 73.6 Å². The van der Waals surface area contributed by atoms with E-state index in [1.807, 2.05) is 4.90 Å². The predicted octanol–water partition coefficient (Wildman–Crippen LogP) is 1.39. The lowest BCUT2D eigenvalue weighted by Crippen LogP contribution is -2.51. The zero-order valence-corrected chi connectivity index (χ0v) is 28.0. The van der Waals surface area contributed by atoms with Gasteiger partial charge in [-0.1, -0.05) is 0 Å². The summed E-state index contributed by atoms with van der Waals surface area (Å²) in [7, 11) is -1.94. The number of carbonyl (C=O) groups is 3. The number of ether oxygens (including phenoxy) is 3. The number of carboxylic acid groups (broad SMARTS) is 2. The quantitative estimate of drug-likeness (QED) is 0.207. The molecule has 2 aliphatic rings. The number of piperazine rings is 1. The summed E-state index contributed by atoms with van der Waals surface area (Å²) in [6.07, 6.45) is -10.2. The number of aliphatic carboxylic acids is 2. The van der Waals surface area contributed by atoms with Crippen molar-refractivity contribution in [2.75, 3.05) is 98.3 Å². The highest BCUT2D eigenvalue weighted by molar-refractivity contribution is 7.91. The number of amides is 1. The Labute approximate surface area is 279 Å². The average molecular weight is 741 g/mol. The number of sulfone groups is 1. The van der Waals surface area contributed by atoms with Crippen LogP contribution >= 0.6 is 0 Å². The van der Waals surface area contributed by atoms with Crippen molar-refractivity contribution >= 4 is 27.7 Å². The molecule has 0 aliphatic carbocycles. The van der Waals surface area contributed by atoms with E-state index in [0.29, 0.717) is 41.4 Å². The Bertz CT molecular complexity index is 1270. The Balaban J connectivity index is 0.000000717. The van der Waals surface area contributed by atoms with Crippen molar-refractivity contribution in [3.63, 3.8) is 0 Å². The van der Waals surface area contributed by atoms with Gasteiger partial charge in [0, 0.05) is 58.9 Å². The number of methoxy groups -OCH3 is 1. The summed E-state index contributed by atoms with van der Waals surface area (Å²) in [6, 6.07) is 3.44. The monoisotopic (exact) mass is 740 g/mol. The normalized spacial score (nSPS) is 16.1. The van der Waals surface area contributed by atoms with Crippen LogP contribution in [0.5, 0.6) is 5.75 Å². The molecule has 2 fully saturated rings. The fraction of sp³-hybridized carbons (Fsp3) is 0.679. The molecule has 0 atom stereocenters. The van der Waals surface area contributed by atoms with Gasteiger partial charge in [-0.05, 0) is 37.1 Å². The van der Waals surface area contributed by atoms with Crippen molar-refractivity contribution in [1.29, 1.82) is 0 Å². The second-order valence-corrected chi connectivity index (χ2v) is 12.6. The predicted molar refractivity (Wildman–Crippen MR) is 161 cm³/mol. The molecule has 2 saturated heterocycles. The minimum absolute atomic E-state index is 0.0128. The minimum Gasteiger partial charge on any atom is -0.497 e. The lowest BCUT2D eigenvalue weighted by atomic mass is 10.1. The SMILES string of the molecule is COc1cc(C)c(S(=O)(=O)CNCCOCC(=O)N2CCN(CCN3CCOCC3)CC2)c(C)c1.O=C(O)C(F)(F)F.O=C(O)C(F)(F)F. The number of nitrogens with one attached hydrogen (secondary N) is 1. The maximum absolute atomic E-state index is 12.8. The summed E-state index contributed by atoms with van der Waals surface area (Å²) in [5, 5.41) is 17.2. The van der Waals surface area contributed by atoms with Gasteiger partial charge in [-0.3, -0.25) is 14.6 Å². The number of nitrogens with zero attached hydrogens (tertiary/aromatic N) is 3. The number of alkyl halides is 6. The molecular formula is C28H42F6N4O10S. The smallest absolute Gasteiger partial charge is 0.490 e. The van der Waals surface area contributed by atoms with Crippen molar-refractivity contribution in [3.8, 4) is 5.75 Å². The fourth-order valence-electron chi connectivity index (χ4n) is 4.52. The Hall–Kier alpha value is -3.24. The van der Waals surface area contributed by atoms with Gasteiger partial charge in [0.25, 0.3) is 0 Å². The molecule has 14 nitrogen and oxygen atoms in total. The van der Waals surface area contributed by atoms with Crippen LogP contribution in [0.2, 0.25) is 0 Å². The highest BCUT2D eigenvalue weighted by atomic mass is 32.2. The highest BCUT2D eigenvalue weighted by Crippen LogP contribution is 2.26. The number of hydrogen-bond donors (Lipinski definition) is 3. The number of benzene rings is 1. The van der Waals surface area contributed by atoms with E-state index < -0.39 is 34.1 Å².